The minimum atomic E-state index is 0.770. The SMILES string of the molecule is C1CC2CC(C1)N2.C1CC2CC1CN2.C1CC2CCC(C1)N2.C1CC2CNCC1C2.C1C[C@@H]2CC1CN2.C[C@H]1CC[C@@H](C)NC1. The van der Waals surface area contributed by atoms with Gasteiger partial charge in [0.1, 0.15) is 0 Å². The molecule has 12 atom stereocenters. The molecule has 260 valence electrons. The summed E-state index contributed by atoms with van der Waals surface area (Å²) < 4.78 is 0. The molecule has 8 heterocycles. The number of hydrogen-bond acceptors (Lipinski definition) is 6. The Morgan fingerprint density at radius 3 is 1.11 bits per heavy atom. The first-order chi connectivity index (χ1) is 22.0. The lowest BCUT2D eigenvalue weighted by molar-refractivity contribution is 0.182. The third kappa shape index (κ3) is 11.4. The van der Waals surface area contributed by atoms with Crippen LogP contribution in [0, 0.1) is 29.6 Å². The summed E-state index contributed by atoms with van der Waals surface area (Å²) in [6.45, 7) is 11.0. The van der Waals surface area contributed by atoms with E-state index in [2.05, 4.69) is 45.7 Å². The first-order valence-electron chi connectivity index (χ1n) is 20.5. The summed E-state index contributed by atoms with van der Waals surface area (Å²) in [4.78, 5) is 0. The summed E-state index contributed by atoms with van der Waals surface area (Å²) in [5.74, 6) is 5.13. The second-order valence-electron chi connectivity index (χ2n) is 17.6. The quantitative estimate of drug-likeness (QED) is 0.195. The highest BCUT2D eigenvalue weighted by Gasteiger charge is 2.32. The summed E-state index contributed by atoms with van der Waals surface area (Å²) in [5.41, 5.74) is 0. The summed E-state index contributed by atoms with van der Waals surface area (Å²) >= 11 is 0. The van der Waals surface area contributed by atoms with Gasteiger partial charge in [-0.1, -0.05) is 19.8 Å². The fraction of sp³-hybridized carbons (Fsp3) is 1.00. The van der Waals surface area contributed by atoms with Gasteiger partial charge in [-0.2, -0.15) is 0 Å². The van der Waals surface area contributed by atoms with Gasteiger partial charge in [-0.15, -0.1) is 0 Å². The van der Waals surface area contributed by atoms with Crippen LogP contribution in [0.3, 0.4) is 0 Å². The normalized spacial score (nSPS) is 45.5. The van der Waals surface area contributed by atoms with Crippen LogP contribution in [0.5, 0.6) is 0 Å². The van der Waals surface area contributed by atoms with Crippen LogP contribution in [0.1, 0.15) is 142 Å². The van der Waals surface area contributed by atoms with Crippen molar-refractivity contribution < 1.29 is 0 Å². The highest BCUT2D eigenvalue weighted by atomic mass is 15.0. The number of rotatable bonds is 0. The molecule has 10 bridgehead atoms. The van der Waals surface area contributed by atoms with E-state index in [1.54, 1.807) is 0 Å². The maximum Gasteiger partial charge on any atom is 0.00844 e. The molecule has 0 aromatic rings. The van der Waals surface area contributed by atoms with Crippen molar-refractivity contribution in [1.82, 2.24) is 31.9 Å². The zero-order valence-electron chi connectivity index (χ0n) is 29.6. The van der Waals surface area contributed by atoms with Crippen molar-refractivity contribution in [2.75, 3.05) is 32.7 Å². The summed E-state index contributed by atoms with van der Waals surface area (Å²) in [6.07, 6.45) is 29.2. The third-order valence-electron chi connectivity index (χ3n) is 13.5. The molecule has 8 saturated heterocycles. The molecule has 0 aromatic carbocycles. The Kier molecular flexibility index (Phi) is 13.8. The van der Waals surface area contributed by atoms with Gasteiger partial charge in [0.15, 0.2) is 0 Å². The van der Waals surface area contributed by atoms with Crippen molar-refractivity contribution in [1.29, 1.82) is 0 Å². The molecule has 6 nitrogen and oxygen atoms in total. The third-order valence-corrected chi connectivity index (χ3v) is 13.5. The zero-order chi connectivity index (χ0) is 30.8. The number of hydrogen-bond donors (Lipinski definition) is 6. The van der Waals surface area contributed by atoms with Crippen LogP contribution >= 0.6 is 0 Å². The lowest BCUT2D eigenvalue weighted by atomic mass is 9.83. The predicted octanol–water partition coefficient (Wildman–Crippen LogP) is 6.11. The standard InChI is InChI=1S/2C7H13N.C7H15N.3C6H11N/c1-2-7-3-6(1)4-8-5-7;1-2-6-4-5-7(3-1)8-6;1-6-3-4-7(2)8-5-6;2*1-2-6-3-5(1)4-7-6;1-2-5-4-6(3-1)7-5/h2*6-8H,1-5H2;6-8H,3-5H2,1-2H3;3*5-7H,1-4H2/t;;6-,7+;5?,6-;;/m..01../s1. The van der Waals surface area contributed by atoms with E-state index in [-0.39, 0.29) is 0 Å². The highest BCUT2D eigenvalue weighted by Crippen LogP contribution is 2.33. The van der Waals surface area contributed by atoms with Gasteiger partial charge < -0.3 is 31.9 Å². The van der Waals surface area contributed by atoms with E-state index in [0.717, 1.165) is 71.9 Å². The number of piperidine rings is 6. The molecule has 6 N–H and O–H groups in total. The maximum absolute atomic E-state index is 3.59. The van der Waals surface area contributed by atoms with Gasteiger partial charge in [0.25, 0.3) is 0 Å². The van der Waals surface area contributed by atoms with Crippen LogP contribution in [0.25, 0.3) is 0 Å². The molecular formula is C39H74N6. The Labute approximate surface area is 278 Å². The van der Waals surface area contributed by atoms with Crippen molar-refractivity contribution in [2.45, 2.75) is 185 Å². The topological polar surface area (TPSA) is 72.2 Å². The average Bonchev–Trinajstić information content (AvgIpc) is 3.95. The van der Waals surface area contributed by atoms with Crippen LogP contribution in [-0.2, 0) is 0 Å². The van der Waals surface area contributed by atoms with Crippen molar-refractivity contribution in [3.05, 3.63) is 0 Å². The molecule has 0 aromatic heterocycles. The Hall–Kier alpha value is -0.240. The summed E-state index contributed by atoms with van der Waals surface area (Å²) in [5, 5.41) is 20.9. The number of nitrogens with one attached hydrogen (secondary N) is 6. The highest BCUT2D eigenvalue weighted by molar-refractivity contribution is 4.93. The molecule has 0 radical (unpaired) electrons. The second-order valence-corrected chi connectivity index (χ2v) is 17.6. The minimum absolute atomic E-state index is 0.770. The molecule has 12 rings (SSSR count). The van der Waals surface area contributed by atoms with E-state index in [1.807, 2.05) is 0 Å². The molecule has 12 aliphatic rings. The van der Waals surface area contributed by atoms with E-state index in [9.17, 15) is 0 Å². The Balaban J connectivity index is 0.0000000953. The summed E-state index contributed by atoms with van der Waals surface area (Å²) in [7, 11) is 0. The van der Waals surface area contributed by atoms with Crippen molar-refractivity contribution in [2.24, 2.45) is 29.6 Å². The smallest absolute Gasteiger partial charge is 0.00844 e. The van der Waals surface area contributed by atoms with E-state index < -0.39 is 0 Å². The fourth-order valence-corrected chi connectivity index (χ4v) is 10.4. The number of fused-ring (bicyclic) bond motifs is 10. The van der Waals surface area contributed by atoms with E-state index >= 15 is 0 Å². The first-order valence-corrected chi connectivity index (χ1v) is 20.5. The van der Waals surface area contributed by atoms with Gasteiger partial charge in [-0.3, -0.25) is 0 Å². The van der Waals surface area contributed by atoms with Crippen LogP contribution in [0.2, 0.25) is 0 Å². The van der Waals surface area contributed by atoms with Crippen LogP contribution in [-0.4, -0.2) is 75.0 Å². The molecule has 4 aliphatic carbocycles. The van der Waals surface area contributed by atoms with E-state index in [4.69, 9.17) is 0 Å². The van der Waals surface area contributed by atoms with Gasteiger partial charge in [0.2, 0.25) is 0 Å². The average molecular weight is 627 g/mol. The zero-order valence-corrected chi connectivity index (χ0v) is 29.6. The van der Waals surface area contributed by atoms with Crippen molar-refractivity contribution in [3.8, 4) is 0 Å². The minimum Gasteiger partial charge on any atom is -0.316 e. The monoisotopic (exact) mass is 627 g/mol. The molecule has 8 aliphatic heterocycles. The Morgan fingerprint density at radius 2 is 0.822 bits per heavy atom. The van der Waals surface area contributed by atoms with Gasteiger partial charge in [-0.25, -0.2) is 0 Å². The van der Waals surface area contributed by atoms with Crippen molar-refractivity contribution >= 4 is 0 Å². The first kappa shape index (κ1) is 34.6. The van der Waals surface area contributed by atoms with Crippen LogP contribution in [0.4, 0.5) is 0 Å². The Morgan fingerprint density at radius 1 is 0.356 bits per heavy atom. The van der Waals surface area contributed by atoms with E-state index in [1.165, 1.54) is 161 Å². The lowest BCUT2D eigenvalue weighted by Gasteiger charge is -2.42. The van der Waals surface area contributed by atoms with Gasteiger partial charge in [0, 0.05) is 42.3 Å². The van der Waals surface area contributed by atoms with Gasteiger partial charge in [0.05, 0.1) is 0 Å². The maximum atomic E-state index is 3.59. The van der Waals surface area contributed by atoms with Crippen molar-refractivity contribution in [3.63, 3.8) is 0 Å². The molecular weight excluding hydrogens is 552 g/mol. The van der Waals surface area contributed by atoms with Gasteiger partial charge >= 0.3 is 0 Å². The van der Waals surface area contributed by atoms with Crippen LogP contribution in [0.15, 0.2) is 0 Å². The largest absolute Gasteiger partial charge is 0.316 e. The Bertz CT molecular complexity index is 691. The van der Waals surface area contributed by atoms with E-state index in [0.29, 0.717) is 0 Å². The molecule has 0 spiro atoms. The van der Waals surface area contributed by atoms with Crippen LogP contribution < -0.4 is 31.9 Å². The lowest BCUT2D eigenvalue weighted by Crippen LogP contribution is -2.55. The predicted molar refractivity (Wildman–Crippen MR) is 191 cm³/mol. The molecule has 9 unspecified atom stereocenters. The molecule has 12 fully saturated rings. The second kappa shape index (κ2) is 18.0. The molecule has 6 heteroatoms. The molecule has 0 amide bonds. The fourth-order valence-electron chi connectivity index (χ4n) is 10.4. The molecule has 45 heavy (non-hydrogen) atoms. The van der Waals surface area contributed by atoms with Gasteiger partial charge in [-0.05, 0) is 185 Å². The summed E-state index contributed by atoms with van der Waals surface area (Å²) in [6, 6.07) is 6.29. The molecule has 4 saturated carbocycles.